The molecule has 0 aliphatic carbocycles. The van der Waals surface area contributed by atoms with E-state index >= 15 is 0 Å². The first-order chi connectivity index (χ1) is 20.1. The van der Waals surface area contributed by atoms with Gasteiger partial charge in [-0.25, -0.2) is 4.79 Å². The minimum Gasteiger partial charge on any atom is -0.442 e. The molecule has 1 heterocycles. The molecule has 4 N–H and O–H groups in total. The number of carbonyl (C=O) groups excluding carboxylic acids is 2. The third kappa shape index (κ3) is 6.61. The minimum atomic E-state index is -0.752. The van der Waals surface area contributed by atoms with Crippen molar-refractivity contribution in [2.75, 3.05) is 4.90 Å². The summed E-state index contributed by atoms with van der Waals surface area (Å²) in [5.74, 6) is -0.0361. The molecule has 0 bridgehead atoms. The molecule has 1 aliphatic rings. The van der Waals surface area contributed by atoms with Crippen molar-refractivity contribution in [3.05, 3.63) is 113 Å². The van der Waals surface area contributed by atoms with Gasteiger partial charge in [-0.15, -0.1) is 0 Å². The highest BCUT2D eigenvalue weighted by Crippen LogP contribution is 2.36. The second-order valence-electron chi connectivity index (χ2n) is 11.5. The summed E-state index contributed by atoms with van der Waals surface area (Å²) in [6.45, 7) is 6.17. The third-order valence-corrected chi connectivity index (χ3v) is 7.28. The number of fused-ring (bicyclic) bond motifs is 2. The van der Waals surface area contributed by atoms with Gasteiger partial charge >= 0.3 is 6.09 Å². The van der Waals surface area contributed by atoms with Gasteiger partial charge in [-0.1, -0.05) is 78.9 Å². The van der Waals surface area contributed by atoms with Crippen LogP contribution in [0.5, 0.6) is 0 Å². The number of aliphatic imine (C=N–C) groups is 1. The number of aliphatic hydroxyl groups excluding tert-OH is 1. The Morgan fingerprint density at radius 1 is 1.00 bits per heavy atom. The van der Waals surface area contributed by atoms with Crippen molar-refractivity contribution in [3.8, 4) is 0 Å². The lowest BCUT2D eigenvalue weighted by Gasteiger charge is -2.28. The molecule has 0 saturated heterocycles. The van der Waals surface area contributed by atoms with Crippen LogP contribution in [0.15, 0.2) is 89.9 Å². The molecule has 2 amide bonds. The third-order valence-electron chi connectivity index (χ3n) is 7.28. The van der Waals surface area contributed by atoms with Crippen LogP contribution in [0.3, 0.4) is 0 Å². The second kappa shape index (κ2) is 12.0. The zero-order chi connectivity index (χ0) is 29.9. The first-order valence-corrected chi connectivity index (χ1v) is 14.0. The molecular weight excluding hydrogens is 528 g/mol. The SMILES string of the molecule is CC(C)(C)OC(=O)/N=C(\N)c1ccc2c(c1)N(Cc1cccc3ccccc13)C(C(=O)NCc1ccc(CO)cc1)C2. The molecule has 4 aromatic rings. The maximum Gasteiger partial charge on any atom is 0.436 e. The van der Waals surface area contributed by atoms with Gasteiger partial charge in [-0.3, -0.25) is 4.79 Å². The predicted molar refractivity (Wildman–Crippen MR) is 165 cm³/mol. The lowest BCUT2D eigenvalue weighted by molar-refractivity contribution is -0.122. The number of aliphatic hydroxyl groups is 1. The molecule has 1 aliphatic heterocycles. The highest BCUT2D eigenvalue weighted by molar-refractivity contribution is 6.04. The summed E-state index contributed by atoms with van der Waals surface area (Å²) in [5, 5.41) is 14.7. The maximum absolute atomic E-state index is 13.7. The number of nitrogens with two attached hydrogens (primary N) is 1. The van der Waals surface area contributed by atoms with Crippen LogP contribution >= 0.6 is 0 Å². The van der Waals surface area contributed by atoms with E-state index in [4.69, 9.17) is 10.5 Å². The van der Waals surface area contributed by atoms with Crippen molar-refractivity contribution in [1.29, 1.82) is 0 Å². The smallest absolute Gasteiger partial charge is 0.436 e. The summed E-state index contributed by atoms with van der Waals surface area (Å²) in [7, 11) is 0. The molecule has 42 heavy (non-hydrogen) atoms. The molecule has 8 nitrogen and oxygen atoms in total. The Morgan fingerprint density at radius 2 is 1.71 bits per heavy atom. The summed E-state index contributed by atoms with van der Waals surface area (Å²) in [4.78, 5) is 32.0. The van der Waals surface area contributed by atoms with E-state index in [1.807, 2.05) is 60.7 Å². The lowest BCUT2D eigenvalue weighted by Crippen LogP contribution is -2.44. The van der Waals surface area contributed by atoms with E-state index in [1.165, 1.54) is 0 Å². The molecule has 4 aromatic carbocycles. The van der Waals surface area contributed by atoms with Gasteiger partial charge in [0.25, 0.3) is 0 Å². The van der Waals surface area contributed by atoms with Crippen LogP contribution in [0.2, 0.25) is 0 Å². The fourth-order valence-corrected chi connectivity index (χ4v) is 5.21. The van der Waals surface area contributed by atoms with Crippen LogP contribution in [-0.4, -0.2) is 34.6 Å². The summed E-state index contributed by atoms with van der Waals surface area (Å²) >= 11 is 0. The average Bonchev–Trinajstić information content (AvgIpc) is 3.33. The number of amides is 2. The first-order valence-electron chi connectivity index (χ1n) is 14.0. The van der Waals surface area contributed by atoms with E-state index in [0.29, 0.717) is 25.1 Å². The van der Waals surface area contributed by atoms with Gasteiger partial charge in [0.1, 0.15) is 17.5 Å². The zero-order valence-electron chi connectivity index (χ0n) is 24.1. The summed E-state index contributed by atoms with van der Waals surface area (Å²) in [6.07, 6.45) is -0.226. The van der Waals surface area contributed by atoms with Crippen molar-refractivity contribution in [1.82, 2.24) is 5.32 Å². The van der Waals surface area contributed by atoms with Crippen LogP contribution in [-0.2, 0) is 35.6 Å². The van der Waals surface area contributed by atoms with Gasteiger partial charge < -0.3 is 25.8 Å². The van der Waals surface area contributed by atoms with Crippen LogP contribution in [0.1, 0.15) is 48.6 Å². The van der Waals surface area contributed by atoms with Crippen LogP contribution < -0.4 is 16.0 Å². The molecule has 8 heteroatoms. The van der Waals surface area contributed by atoms with Gasteiger partial charge in [-0.05, 0) is 59.9 Å². The Hall–Kier alpha value is -4.69. The zero-order valence-corrected chi connectivity index (χ0v) is 24.1. The number of hydrogen-bond acceptors (Lipinski definition) is 5. The minimum absolute atomic E-state index is 0.0227. The maximum atomic E-state index is 13.7. The largest absolute Gasteiger partial charge is 0.442 e. The first kappa shape index (κ1) is 28.8. The van der Waals surface area contributed by atoms with Gasteiger partial charge in [0.15, 0.2) is 0 Å². The van der Waals surface area contributed by atoms with E-state index in [1.54, 1.807) is 20.8 Å². The number of nitrogens with zero attached hydrogens (tertiary/aromatic N) is 2. The molecule has 0 saturated carbocycles. The fourth-order valence-electron chi connectivity index (χ4n) is 5.21. The Kier molecular flexibility index (Phi) is 8.27. The standard InChI is InChI=1S/C34H36N4O4/c1-34(2,3)42-33(41)37-31(35)26-16-15-25-17-30(32(40)36-19-22-11-13-23(21-39)14-12-22)38(29(25)18-26)20-27-9-6-8-24-7-4-5-10-28(24)27/h4-16,18,30,39H,17,19-21H2,1-3H3,(H,36,40)(H2,35,37,41). The van der Waals surface area contributed by atoms with E-state index in [2.05, 4.69) is 39.5 Å². The van der Waals surface area contributed by atoms with E-state index < -0.39 is 17.7 Å². The molecule has 1 unspecified atom stereocenters. The second-order valence-corrected chi connectivity index (χ2v) is 11.5. The summed E-state index contributed by atoms with van der Waals surface area (Å²) < 4.78 is 5.31. The topological polar surface area (TPSA) is 117 Å². The molecular formula is C34H36N4O4. The fraction of sp³-hybridized carbons (Fsp3) is 0.265. The molecule has 1 atom stereocenters. The molecule has 0 spiro atoms. The Labute approximate surface area is 245 Å². The van der Waals surface area contributed by atoms with Crippen LogP contribution in [0.25, 0.3) is 10.8 Å². The number of amidine groups is 1. The van der Waals surface area contributed by atoms with Crippen LogP contribution in [0.4, 0.5) is 10.5 Å². The summed E-state index contributed by atoms with van der Waals surface area (Å²) in [6, 6.07) is 27.1. The van der Waals surface area contributed by atoms with E-state index in [9.17, 15) is 14.7 Å². The number of ether oxygens (including phenoxy) is 1. The predicted octanol–water partition coefficient (Wildman–Crippen LogP) is 5.22. The number of benzene rings is 4. The molecule has 0 radical (unpaired) electrons. The van der Waals surface area contributed by atoms with Crippen molar-refractivity contribution in [3.63, 3.8) is 0 Å². The highest BCUT2D eigenvalue weighted by atomic mass is 16.6. The lowest BCUT2D eigenvalue weighted by atomic mass is 10.0. The Bertz CT molecular complexity index is 1630. The van der Waals surface area contributed by atoms with Gasteiger partial charge in [0.05, 0.1) is 6.61 Å². The molecule has 0 aromatic heterocycles. The number of hydrogen-bond donors (Lipinski definition) is 3. The summed E-state index contributed by atoms with van der Waals surface area (Å²) in [5.41, 5.74) is 10.9. The number of anilines is 1. The van der Waals surface area contributed by atoms with Gasteiger partial charge in [0.2, 0.25) is 5.91 Å². The number of rotatable bonds is 7. The number of carbonyl (C=O) groups is 2. The van der Waals surface area contributed by atoms with Crippen molar-refractivity contribution >= 4 is 34.3 Å². The quantitative estimate of drug-likeness (QED) is 0.209. The van der Waals surface area contributed by atoms with Gasteiger partial charge in [-0.2, -0.15) is 4.99 Å². The van der Waals surface area contributed by atoms with Crippen LogP contribution in [0, 0.1) is 0 Å². The van der Waals surface area contributed by atoms with Gasteiger partial charge in [0, 0.05) is 30.8 Å². The van der Waals surface area contributed by atoms with E-state index in [0.717, 1.165) is 38.7 Å². The van der Waals surface area contributed by atoms with Crippen molar-refractivity contribution < 1.29 is 19.4 Å². The Balaban J connectivity index is 1.45. The highest BCUT2D eigenvalue weighted by Gasteiger charge is 2.35. The normalized spacial score (nSPS) is 15.0. The number of nitrogens with one attached hydrogen (secondary N) is 1. The van der Waals surface area contributed by atoms with Crippen molar-refractivity contribution in [2.45, 2.75) is 58.5 Å². The van der Waals surface area contributed by atoms with E-state index in [-0.39, 0.29) is 18.3 Å². The van der Waals surface area contributed by atoms with Crippen molar-refractivity contribution in [2.24, 2.45) is 10.7 Å². The average molecular weight is 565 g/mol. The monoisotopic (exact) mass is 564 g/mol. The molecule has 0 fully saturated rings. The molecule has 5 rings (SSSR count). The molecule has 216 valence electrons. The Morgan fingerprint density at radius 3 is 2.45 bits per heavy atom.